The highest BCUT2D eigenvalue weighted by Gasteiger charge is 2.49. The molecular weight excluding hydrogens is 490 g/mol. The summed E-state index contributed by atoms with van der Waals surface area (Å²) in [6, 6.07) is 11.2. The number of methoxy groups -OCH3 is 1. The lowest BCUT2D eigenvalue weighted by molar-refractivity contribution is -0.152. The Labute approximate surface area is 221 Å². The van der Waals surface area contributed by atoms with Crippen molar-refractivity contribution in [3.8, 4) is 5.75 Å². The summed E-state index contributed by atoms with van der Waals surface area (Å²) in [5.41, 5.74) is 3.05. The Morgan fingerprint density at radius 3 is 2.51 bits per heavy atom. The molecule has 0 saturated carbocycles. The molecule has 2 aromatic rings. The number of allylic oxidation sites excluding steroid dienone is 3. The van der Waals surface area contributed by atoms with Crippen molar-refractivity contribution < 1.29 is 28.6 Å². The maximum absolute atomic E-state index is 14.3. The van der Waals surface area contributed by atoms with Crippen molar-refractivity contribution in [3.63, 3.8) is 0 Å². The average Bonchev–Trinajstić information content (AvgIpc) is 3.43. The van der Waals surface area contributed by atoms with Crippen LogP contribution in [0.3, 0.4) is 0 Å². The van der Waals surface area contributed by atoms with Crippen molar-refractivity contribution in [1.29, 1.82) is 0 Å². The van der Waals surface area contributed by atoms with E-state index < -0.39 is 23.8 Å². The SMILES string of the molecule is CCCC1=C(C(=O)OCC)[C@H](c2cccc(OC)c2)C2=C(C[C@H](c3cccs3)[C@@H](C(=O)OCC)C2=O)N1. The van der Waals surface area contributed by atoms with Crippen LogP contribution in [0.5, 0.6) is 5.75 Å². The molecule has 8 heteroatoms. The first-order chi connectivity index (χ1) is 17.9. The largest absolute Gasteiger partial charge is 0.497 e. The van der Waals surface area contributed by atoms with Crippen molar-refractivity contribution in [3.05, 3.63) is 74.8 Å². The minimum absolute atomic E-state index is 0.178. The van der Waals surface area contributed by atoms with Gasteiger partial charge in [-0.05, 0) is 55.8 Å². The van der Waals surface area contributed by atoms with Gasteiger partial charge in [-0.15, -0.1) is 11.3 Å². The number of ketones is 1. The van der Waals surface area contributed by atoms with Gasteiger partial charge in [-0.1, -0.05) is 31.5 Å². The third-order valence-corrected chi connectivity index (χ3v) is 7.78. The summed E-state index contributed by atoms with van der Waals surface area (Å²) in [6.45, 7) is 5.92. The Bertz CT molecular complexity index is 1230. The van der Waals surface area contributed by atoms with Crippen LogP contribution in [0.2, 0.25) is 0 Å². The number of rotatable bonds is 9. The van der Waals surface area contributed by atoms with Crippen molar-refractivity contribution >= 4 is 29.1 Å². The van der Waals surface area contributed by atoms with Gasteiger partial charge in [0.25, 0.3) is 0 Å². The molecule has 7 nitrogen and oxygen atoms in total. The summed E-state index contributed by atoms with van der Waals surface area (Å²) in [6.07, 6.45) is 1.87. The maximum atomic E-state index is 14.3. The van der Waals surface area contributed by atoms with Crippen molar-refractivity contribution in [2.24, 2.45) is 5.92 Å². The third-order valence-electron chi connectivity index (χ3n) is 6.78. The molecule has 37 heavy (non-hydrogen) atoms. The van der Waals surface area contributed by atoms with Crippen LogP contribution >= 0.6 is 11.3 Å². The Balaban J connectivity index is 1.93. The van der Waals surface area contributed by atoms with Gasteiger partial charge >= 0.3 is 11.9 Å². The fourth-order valence-electron chi connectivity index (χ4n) is 5.27. The zero-order valence-electron chi connectivity index (χ0n) is 21.7. The predicted octanol–water partition coefficient (Wildman–Crippen LogP) is 5.25. The highest BCUT2D eigenvalue weighted by molar-refractivity contribution is 7.10. The molecule has 2 aliphatic rings. The number of hydrogen-bond donors (Lipinski definition) is 1. The van der Waals surface area contributed by atoms with Crippen LogP contribution in [0.25, 0.3) is 0 Å². The molecular formula is C29H33NO6S. The fourth-order valence-corrected chi connectivity index (χ4v) is 6.14. The number of nitrogens with one attached hydrogen (secondary N) is 1. The van der Waals surface area contributed by atoms with E-state index in [1.54, 1.807) is 21.0 Å². The van der Waals surface area contributed by atoms with E-state index in [2.05, 4.69) is 5.32 Å². The lowest BCUT2D eigenvalue weighted by atomic mass is 9.68. The summed E-state index contributed by atoms with van der Waals surface area (Å²) < 4.78 is 16.3. The maximum Gasteiger partial charge on any atom is 0.336 e. The Hall–Kier alpha value is -3.39. The van der Waals surface area contributed by atoms with Gasteiger partial charge in [-0.25, -0.2) is 4.79 Å². The van der Waals surface area contributed by atoms with Gasteiger partial charge in [-0.2, -0.15) is 0 Å². The van der Waals surface area contributed by atoms with Crippen LogP contribution in [0.15, 0.2) is 64.3 Å². The highest BCUT2D eigenvalue weighted by atomic mass is 32.1. The monoisotopic (exact) mass is 523 g/mol. The molecule has 196 valence electrons. The number of thiophene rings is 1. The molecule has 1 aliphatic heterocycles. The molecule has 0 fully saturated rings. The van der Waals surface area contributed by atoms with E-state index in [9.17, 15) is 14.4 Å². The zero-order valence-corrected chi connectivity index (χ0v) is 22.5. The minimum Gasteiger partial charge on any atom is -0.497 e. The number of ether oxygens (including phenoxy) is 3. The van der Waals surface area contributed by atoms with Crippen molar-refractivity contribution in [2.75, 3.05) is 20.3 Å². The molecule has 0 spiro atoms. The van der Waals surface area contributed by atoms with E-state index in [1.807, 2.05) is 48.7 Å². The summed E-state index contributed by atoms with van der Waals surface area (Å²) in [7, 11) is 1.57. The molecule has 4 rings (SSSR count). The molecule has 3 atom stereocenters. The standard InChI is InChI=1S/C29H33NO6S/c1-5-10-20-26(29(33)36-7-3)23(17-11-8-12-18(15-17)34-4)25-21(30-20)16-19(22-13-9-14-37-22)24(27(25)31)28(32)35-6-2/h8-9,11-15,19,23-24,30H,5-7,10,16H2,1-4H3/t19-,23-,24-/m1/s1. The lowest BCUT2D eigenvalue weighted by Crippen LogP contribution is -2.43. The molecule has 1 N–H and O–H groups in total. The van der Waals surface area contributed by atoms with Crippen molar-refractivity contribution in [1.82, 2.24) is 5.32 Å². The summed E-state index contributed by atoms with van der Waals surface area (Å²) in [4.78, 5) is 41.9. The molecule has 0 radical (unpaired) electrons. The van der Waals surface area contributed by atoms with E-state index in [-0.39, 0.29) is 24.9 Å². The smallest absolute Gasteiger partial charge is 0.336 e. The van der Waals surface area contributed by atoms with Crippen LogP contribution in [-0.4, -0.2) is 38.0 Å². The average molecular weight is 524 g/mol. The zero-order chi connectivity index (χ0) is 26.5. The van der Waals surface area contributed by atoms with Crippen LogP contribution in [0.1, 0.15) is 62.3 Å². The first kappa shape index (κ1) is 26.7. The Kier molecular flexibility index (Phi) is 8.48. The van der Waals surface area contributed by atoms with Gasteiger partial charge in [0.1, 0.15) is 11.7 Å². The fraction of sp³-hybridized carbons (Fsp3) is 0.414. The molecule has 0 bridgehead atoms. The summed E-state index contributed by atoms with van der Waals surface area (Å²) >= 11 is 1.52. The van der Waals surface area contributed by atoms with Crippen LogP contribution in [0, 0.1) is 5.92 Å². The molecule has 1 aromatic heterocycles. The quantitative estimate of drug-likeness (QED) is 0.355. The third kappa shape index (κ3) is 5.21. The van der Waals surface area contributed by atoms with E-state index >= 15 is 0 Å². The lowest BCUT2D eigenvalue weighted by Gasteiger charge is -2.39. The van der Waals surface area contributed by atoms with Crippen molar-refractivity contribution in [2.45, 2.75) is 51.9 Å². The number of carbonyl (C=O) groups excluding carboxylic acids is 3. The van der Waals surface area contributed by atoms with Gasteiger partial charge in [0.15, 0.2) is 5.78 Å². The Morgan fingerprint density at radius 2 is 1.86 bits per heavy atom. The number of hydrogen-bond acceptors (Lipinski definition) is 8. The van der Waals surface area contributed by atoms with E-state index in [4.69, 9.17) is 14.2 Å². The second kappa shape index (κ2) is 11.8. The molecule has 0 saturated heterocycles. The second-order valence-corrected chi connectivity index (χ2v) is 9.99. The number of esters is 2. The normalized spacial score (nSPS) is 21.3. The first-order valence-electron chi connectivity index (χ1n) is 12.7. The number of Topliss-reactive ketones (excluding diaryl/α,β-unsaturated/α-hetero) is 1. The highest BCUT2D eigenvalue weighted by Crippen LogP contribution is 2.49. The number of dihydropyridines is 1. The Morgan fingerprint density at radius 1 is 1.08 bits per heavy atom. The topological polar surface area (TPSA) is 90.9 Å². The second-order valence-electron chi connectivity index (χ2n) is 9.01. The van der Waals surface area contributed by atoms with Gasteiger partial charge in [0.2, 0.25) is 0 Å². The molecule has 1 aromatic carbocycles. The summed E-state index contributed by atoms with van der Waals surface area (Å²) in [5.74, 6) is -2.77. The van der Waals surface area contributed by atoms with Gasteiger partial charge < -0.3 is 19.5 Å². The van der Waals surface area contributed by atoms with Crippen LogP contribution < -0.4 is 10.1 Å². The number of benzene rings is 1. The van der Waals surface area contributed by atoms with E-state index in [1.165, 1.54) is 11.3 Å². The van der Waals surface area contributed by atoms with Gasteiger partial charge in [0, 0.05) is 33.7 Å². The molecule has 0 amide bonds. The predicted molar refractivity (Wildman–Crippen MR) is 141 cm³/mol. The van der Waals surface area contributed by atoms with Gasteiger partial charge in [0.05, 0.1) is 25.9 Å². The van der Waals surface area contributed by atoms with E-state index in [0.717, 1.165) is 28.3 Å². The first-order valence-corrected chi connectivity index (χ1v) is 13.6. The van der Waals surface area contributed by atoms with Crippen LogP contribution in [-0.2, 0) is 23.9 Å². The van der Waals surface area contributed by atoms with E-state index in [0.29, 0.717) is 29.7 Å². The minimum atomic E-state index is -0.997. The molecule has 2 heterocycles. The van der Waals surface area contributed by atoms with Gasteiger partial charge in [-0.3, -0.25) is 9.59 Å². The molecule has 0 unspecified atom stereocenters. The number of carbonyl (C=O) groups is 3. The van der Waals surface area contributed by atoms with Crippen LogP contribution in [0.4, 0.5) is 0 Å². The summed E-state index contributed by atoms with van der Waals surface area (Å²) in [5, 5.41) is 5.39. The molecule has 1 aliphatic carbocycles.